The van der Waals surface area contributed by atoms with Crippen LogP contribution >= 0.6 is 11.3 Å². The van der Waals surface area contributed by atoms with Gasteiger partial charge in [0.25, 0.3) is 6.43 Å². The molecular weight excluding hydrogens is 603 g/mol. The molecule has 0 spiro atoms. The van der Waals surface area contributed by atoms with Crippen LogP contribution in [0.15, 0.2) is 12.3 Å². The fraction of sp³-hybridized carbons (Fsp3) is 0.448. The van der Waals surface area contributed by atoms with Crippen LogP contribution in [-0.2, 0) is 0 Å². The van der Waals surface area contributed by atoms with Crippen molar-refractivity contribution >= 4 is 43.1 Å². The molecule has 2 atom stereocenters. The third-order valence-electron chi connectivity index (χ3n) is 8.85. The number of aromatic nitrogens is 3. The van der Waals surface area contributed by atoms with Crippen LogP contribution in [0.2, 0.25) is 0 Å². The van der Waals surface area contributed by atoms with Crippen molar-refractivity contribution < 1.29 is 26.7 Å². The maximum atomic E-state index is 15.6. The van der Waals surface area contributed by atoms with E-state index in [2.05, 4.69) is 25.2 Å². The molecule has 0 saturated carbocycles. The Morgan fingerprint density at radius 2 is 2.00 bits per heavy atom. The van der Waals surface area contributed by atoms with Crippen LogP contribution in [0.4, 0.5) is 32.8 Å². The van der Waals surface area contributed by atoms with Gasteiger partial charge in [-0.3, -0.25) is 9.88 Å². The van der Waals surface area contributed by atoms with Crippen molar-refractivity contribution in [3.8, 4) is 23.3 Å². The molecule has 3 aliphatic heterocycles. The zero-order valence-electron chi connectivity index (χ0n) is 23.3. The summed E-state index contributed by atoms with van der Waals surface area (Å²) >= 11 is 0.724. The summed E-state index contributed by atoms with van der Waals surface area (Å²) in [6.07, 6.45) is -0.985. The summed E-state index contributed by atoms with van der Waals surface area (Å²) in [7, 11) is 0. The molecule has 7 rings (SSSR count). The number of nitriles is 1. The lowest BCUT2D eigenvalue weighted by molar-refractivity contribution is 0.107. The molecule has 0 amide bonds. The lowest BCUT2D eigenvalue weighted by atomic mass is 9.95. The Balaban J connectivity index is 1.43. The van der Waals surface area contributed by atoms with Gasteiger partial charge >= 0.3 is 6.01 Å². The molecule has 3 fully saturated rings. The van der Waals surface area contributed by atoms with E-state index < -0.39 is 46.6 Å². The van der Waals surface area contributed by atoms with Crippen molar-refractivity contribution in [1.29, 1.82) is 5.26 Å². The number of pyridine rings is 1. The second-order valence-electron chi connectivity index (χ2n) is 11.4. The molecule has 1 aromatic carbocycles. The van der Waals surface area contributed by atoms with Gasteiger partial charge in [0.15, 0.2) is 0 Å². The number of fused-ring (bicyclic) bond motifs is 3. The van der Waals surface area contributed by atoms with E-state index in [1.54, 1.807) is 0 Å². The summed E-state index contributed by atoms with van der Waals surface area (Å²) in [4.78, 5) is 17.3. The van der Waals surface area contributed by atoms with Gasteiger partial charge in [-0.2, -0.15) is 15.2 Å². The molecule has 3 aromatic heterocycles. The first-order valence-corrected chi connectivity index (χ1v) is 15.1. The maximum absolute atomic E-state index is 15.6. The highest BCUT2D eigenvalue weighted by Gasteiger charge is 2.49. The lowest BCUT2D eigenvalue weighted by Gasteiger charge is -2.32. The fourth-order valence-electron chi connectivity index (χ4n) is 6.87. The second kappa shape index (κ2) is 10.9. The van der Waals surface area contributed by atoms with E-state index in [0.717, 1.165) is 30.7 Å². The highest BCUT2D eigenvalue weighted by Crippen LogP contribution is 2.46. The third kappa shape index (κ3) is 4.58. The Bertz CT molecular complexity index is 1820. The molecule has 0 bridgehead atoms. The maximum Gasteiger partial charge on any atom is 0.319 e. The van der Waals surface area contributed by atoms with Gasteiger partial charge in [-0.25, -0.2) is 22.0 Å². The highest BCUT2D eigenvalue weighted by molar-refractivity contribution is 7.23. The molecule has 3 saturated heterocycles. The van der Waals surface area contributed by atoms with Crippen LogP contribution in [0, 0.1) is 23.0 Å². The van der Waals surface area contributed by atoms with E-state index in [-0.39, 0.29) is 44.2 Å². The van der Waals surface area contributed by atoms with Crippen LogP contribution in [0.25, 0.3) is 32.2 Å². The molecule has 230 valence electrons. The van der Waals surface area contributed by atoms with Gasteiger partial charge in [0.1, 0.15) is 41.3 Å². The summed E-state index contributed by atoms with van der Waals surface area (Å²) in [5, 5.41) is 12.9. The molecular formula is C29H27F5N8OS. The smallest absolute Gasteiger partial charge is 0.319 e. The quantitative estimate of drug-likeness (QED) is 0.286. The molecule has 3 aliphatic rings. The summed E-state index contributed by atoms with van der Waals surface area (Å²) in [6, 6.07) is 2.24. The largest absolute Gasteiger partial charge is 0.461 e. The van der Waals surface area contributed by atoms with E-state index in [0.29, 0.717) is 51.0 Å². The molecule has 0 unspecified atom stereocenters. The minimum absolute atomic E-state index is 0.0746. The standard InChI is InChI=1S/C29H27F5N8OS/c30-14-9-29(2-1-5-42(29)12-14)13-43-28-39-22-16(27(40-28)41-6-3-37-4-7-41)11-38-23(21(22)25(33)34)20-17(31)8-18(32)24-19(20)15(10-35)26(36)44-24/h8,11,14,25,37H,1-7,9,12-13,36H2/t14-,29+/m0/s1. The number of hydrogen-bond acceptors (Lipinski definition) is 10. The molecule has 0 radical (unpaired) electrons. The topological polar surface area (TPSA) is 116 Å². The number of nitrogens with one attached hydrogen (secondary N) is 1. The first kappa shape index (κ1) is 28.9. The number of ether oxygens (including phenoxy) is 1. The number of alkyl halides is 3. The highest BCUT2D eigenvalue weighted by atomic mass is 32.1. The number of halogens is 5. The van der Waals surface area contributed by atoms with Crippen molar-refractivity contribution in [3.05, 3.63) is 35.0 Å². The van der Waals surface area contributed by atoms with Crippen LogP contribution < -0.4 is 20.7 Å². The SMILES string of the molecule is N#Cc1c(N)sc2c(F)cc(F)c(-c3ncc4c(N5CCNCC5)nc(OC[C@]56CCCN5C[C@@H](F)C6)nc4c3C(F)F)c12. The number of piperazine rings is 1. The van der Waals surface area contributed by atoms with Crippen molar-refractivity contribution in [2.75, 3.05) is 56.5 Å². The van der Waals surface area contributed by atoms with Gasteiger partial charge in [0.2, 0.25) is 0 Å². The summed E-state index contributed by atoms with van der Waals surface area (Å²) < 4.78 is 80.9. The zero-order valence-corrected chi connectivity index (χ0v) is 24.2. The normalized spacial score (nSPS) is 22.3. The third-order valence-corrected chi connectivity index (χ3v) is 9.87. The van der Waals surface area contributed by atoms with Gasteiger partial charge in [0.05, 0.1) is 38.0 Å². The number of rotatable bonds is 6. The molecule has 44 heavy (non-hydrogen) atoms. The molecule has 9 nitrogen and oxygen atoms in total. The molecule has 3 N–H and O–H groups in total. The average molecular weight is 631 g/mol. The zero-order chi connectivity index (χ0) is 30.7. The van der Waals surface area contributed by atoms with Crippen molar-refractivity contribution in [3.63, 3.8) is 0 Å². The molecule has 0 aliphatic carbocycles. The predicted molar refractivity (Wildman–Crippen MR) is 156 cm³/mol. The van der Waals surface area contributed by atoms with E-state index in [9.17, 15) is 14.0 Å². The van der Waals surface area contributed by atoms with E-state index in [1.165, 1.54) is 6.20 Å². The number of anilines is 2. The van der Waals surface area contributed by atoms with Crippen molar-refractivity contribution in [1.82, 2.24) is 25.2 Å². The van der Waals surface area contributed by atoms with E-state index in [4.69, 9.17) is 10.5 Å². The first-order chi connectivity index (χ1) is 21.2. The average Bonchev–Trinajstić information content (AvgIpc) is 3.64. The fourth-order valence-corrected chi connectivity index (χ4v) is 7.81. The van der Waals surface area contributed by atoms with Gasteiger partial charge in [-0.15, -0.1) is 11.3 Å². The molecule has 6 heterocycles. The van der Waals surface area contributed by atoms with Gasteiger partial charge in [0, 0.05) is 62.4 Å². The monoisotopic (exact) mass is 630 g/mol. The Kier molecular flexibility index (Phi) is 7.18. The van der Waals surface area contributed by atoms with Gasteiger partial charge in [-0.1, -0.05) is 0 Å². The van der Waals surface area contributed by atoms with Crippen LogP contribution in [0.5, 0.6) is 6.01 Å². The van der Waals surface area contributed by atoms with Crippen LogP contribution in [-0.4, -0.2) is 77.4 Å². The summed E-state index contributed by atoms with van der Waals surface area (Å²) in [5.74, 6) is -1.82. The van der Waals surface area contributed by atoms with Crippen molar-refractivity contribution in [2.24, 2.45) is 0 Å². The second-order valence-corrected chi connectivity index (χ2v) is 12.4. The first-order valence-electron chi connectivity index (χ1n) is 14.3. The molecule has 15 heteroatoms. The minimum atomic E-state index is -3.20. The number of hydrogen-bond donors (Lipinski definition) is 2. The number of nitrogens with two attached hydrogens (primary N) is 1. The number of nitrogen functional groups attached to an aromatic ring is 1. The van der Waals surface area contributed by atoms with Crippen LogP contribution in [0.1, 0.15) is 36.8 Å². The number of thiophene rings is 1. The van der Waals surface area contributed by atoms with Gasteiger partial charge < -0.3 is 20.7 Å². The Labute approximate surface area is 252 Å². The van der Waals surface area contributed by atoms with E-state index in [1.807, 2.05) is 11.0 Å². The Morgan fingerprint density at radius 1 is 1.20 bits per heavy atom. The Morgan fingerprint density at radius 3 is 2.75 bits per heavy atom. The summed E-state index contributed by atoms with van der Waals surface area (Å²) in [6.45, 7) is 3.43. The lowest BCUT2D eigenvalue weighted by Crippen LogP contribution is -2.44. The van der Waals surface area contributed by atoms with Crippen molar-refractivity contribution in [2.45, 2.75) is 37.4 Å². The van der Waals surface area contributed by atoms with Gasteiger partial charge in [-0.05, 0) is 19.4 Å². The molecule has 4 aromatic rings. The van der Waals surface area contributed by atoms with Crippen LogP contribution in [0.3, 0.4) is 0 Å². The number of benzene rings is 1. The minimum Gasteiger partial charge on any atom is -0.461 e. The summed E-state index contributed by atoms with van der Waals surface area (Å²) in [5.41, 5.74) is 3.30. The Hall–Kier alpha value is -3.87. The predicted octanol–water partition coefficient (Wildman–Crippen LogP) is 4.94. The van der Waals surface area contributed by atoms with E-state index >= 15 is 13.2 Å². The number of nitrogens with zero attached hydrogens (tertiary/aromatic N) is 6.